The summed E-state index contributed by atoms with van der Waals surface area (Å²) in [6.07, 6.45) is 10.8. The van der Waals surface area contributed by atoms with Gasteiger partial charge in [-0.2, -0.15) is 0 Å². The van der Waals surface area contributed by atoms with E-state index in [-0.39, 0.29) is 5.79 Å². The molecule has 0 radical (unpaired) electrons. The summed E-state index contributed by atoms with van der Waals surface area (Å²) in [5.41, 5.74) is 0. The molecule has 3 aliphatic rings. The molecule has 1 atom stereocenters. The summed E-state index contributed by atoms with van der Waals surface area (Å²) in [4.78, 5) is 2.55. The van der Waals surface area contributed by atoms with Gasteiger partial charge in [0.05, 0.1) is 19.8 Å². The Bertz CT molecular complexity index is 284. The minimum Gasteiger partial charge on any atom is -0.346 e. The molecule has 2 aliphatic heterocycles. The number of piperidine rings is 1. The molecule has 17 heavy (non-hydrogen) atoms. The van der Waals surface area contributed by atoms with Crippen molar-refractivity contribution in [2.45, 2.75) is 37.9 Å². The Balaban J connectivity index is 1.54. The maximum absolute atomic E-state index is 5.82. The van der Waals surface area contributed by atoms with E-state index in [1.807, 2.05) is 0 Å². The number of hydrogen-bond donors (Lipinski definition) is 0. The van der Waals surface area contributed by atoms with Gasteiger partial charge in [-0.15, -0.1) is 0 Å². The summed E-state index contributed by atoms with van der Waals surface area (Å²) in [5, 5.41) is 0. The summed E-state index contributed by atoms with van der Waals surface area (Å²) in [6, 6.07) is 0. The van der Waals surface area contributed by atoms with Gasteiger partial charge in [-0.25, -0.2) is 0 Å². The topological polar surface area (TPSA) is 21.7 Å². The maximum atomic E-state index is 5.82. The average molecular weight is 237 g/mol. The van der Waals surface area contributed by atoms with Crippen LogP contribution in [0, 0.1) is 5.92 Å². The van der Waals surface area contributed by atoms with Crippen LogP contribution in [0.5, 0.6) is 0 Å². The molecule has 3 rings (SSSR count). The smallest absolute Gasteiger partial charge is 0.181 e. The lowest BCUT2D eigenvalue weighted by atomic mass is 9.93. The molecule has 2 heterocycles. The third-order valence-corrected chi connectivity index (χ3v) is 4.20. The standard InChI is InChI=1S/C14H23NO2/c1-2-5-13(6-3-1)11-15-8-4-7-14(12-15)16-9-10-17-14/h1-2,13H,3-12H2/t13-/m1/s1. The Morgan fingerprint density at radius 2 is 2.12 bits per heavy atom. The molecule has 2 saturated heterocycles. The third kappa shape index (κ3) is 2.72. The van der Waals surface area contributed by atoms with Crippen LogP contribution in [0.2, 0.25) is 0 Å². The van der Waals surface area contributed by atoms with Gasteiger partial charge in [-0.1, -0.05) is 12.2 Å². The zero-order chi connectivity index (χ0) is 11.6. The molecule has 0 saturated carbocycles. The Morgan fingerprint density at radius 3 is 2.88 bits per heavy atom. The number of likely N-dealkylation sites (tertiary alicyclic amines) is 1. The van der Waals surface area contributed by atoms with E-state index >= 15 is 0 Å². The fourth-order valence-corrected chi connectivity index (χ4v) is 3.35. The van der Waals surface area contributed by atoms with Crippen molar-refractivity contribution in [3.63, 3.8) is 0 Å². The average Bonchev–Trinajstić information content (AvgIpc) is 2.79. The molecule has 0 aromatic carbocycles. The van der Waals surface area contributed by atoms with Crippen molar-refractivity contribution >= 4 is 0 Å². The van der Waals surface area contributed by atoms with Gasteiger partial charge in [-0.05, 0) is 38.1 Å². The minimum absolute atomic E-state index is 0.247. The number of rotatable bonds is 2. The first-order valence-corrected chi connectivity index (χ1v) is 7.02. The van der Waals surface area contributed by atoms with Crippen LogP contribution in [0.1, 0.15) is 32.1 Å². The van der Waals surface area contributed by atoms with E-state index in [9.17, 15) is 0 Å². The Morgan fingerprint density at radius 1 is 1.24 bits per heavy atom. The number of allylic oxidation sites excluding steroid dienone is 2. The van der Waals surface area contributed by atoms with Gasteiger partial charge in [-0.3, -0.25) is 4.90 Å². The van der Waals surface area contributed by atoms with Gasteiger partial charge in [0.15, 0.2) is 5.79 Å². The van der Waals surface area contributed by atoms with Crippen molar-refractivity contribution < 1.29 is 9.47 Å². The van der Waals surface area contributed by atoms with E-state index in [0.717, 1.165) is 32.1 Å². The predicted molar refractivity (Wildman–Crippen MR) is 66.8 cm³/mol. The van der Waals surface area contributed by atoms with E-state index < -0.39 is 0 Å². The molecule has 96 valence electrons. The van der Waals surface area contributed by atoms with E-state index in [2.05, 4.69) is 17.1 Å². The Hall–Kier alpha value is -0.380. The molecule has 3 nitrogen and oxygen atoms in total. The molecule has 0 amide bonds. The first-order chi connectivity index (χ1) is 8.36. The van der Waals surface area contributed by atoms with Gasteiger partial charge in [0.1, 0.15) is 0 Å². The SMILES string of the molecule is C1=CC[C@@H](CN2CCCC3(C2)OCCO3)CC1. The van der Waals surface area contributed by atoms with Crippen molar-refractivity contribution in [2.24, 2.45) is 5.92 Å². The molecule has 1 aliphatic carbocycles. The van der Waals surface area contributed by atoms with E-state index in [4.69, 9.17) is 9.47 Å². The normalized spacial score (nSPS) is 33.3. The lowest BCUT2D eigenvalue weighted by molar-refractivity contribution is -0.190. The highest BCUT2D eigenvalue weighted by Crippen LogP contribution is 2.31. The van der Waals surface area contributed by atoms with Gasteiger partial charge in [0.2, 0.25) is 0 Å². The van der Waals surface area contributed by atoms with Crippen molar-refractivity contribution in [1.29, 1.82) is 0 Å². The van der Waals surface area contributed by atoms with E-state index in [1.54, 1.807) is 0 Å². The lowest BCUT2D eigenvalue weighted by Crippen LogP contribution is -2.50. The van der Waals surface area contributed by atoms with Gasteiger partial charge in [0.25, 0.3) is 0 Å². The number of hydrogen-bond acceptors (Lipinski definition) is 3. The van der Waals surface area contributed by atoms with Crippen molar-refractivity contribution in [3.05, 3.63) is 12.2 Å². The second kappa shape index (κ2) is 5.09. The fourth-order valence-electron chi connectivity index (χ4n) is 3.35. The highest BCUT2D eigenvalue weighted by Gasteiger charge is 2.40. The molecule has 0 bridgehead atoms. The third-order valence-electron chi connectivity index (χ3n) is 4.20. The summed E-state index contributed by atoms with van der Waals surface area (Å²) < 4.78 is 11.6. The lowest BCUT2D eigenvalue weighted by Gasteiger charge is -2.40. The Labute approximate surface area is 104 Å². The minimum atomic E-state index is -0.247. The summed E-state index contributed by atoms with van der Waals surface area (Å²) in [5.74, 6) is 0.597. The van der Waals surface area contributed by atoms with Crippen LogP contribution in [-0.2, 0) is 9.47 Å². The second-order valence-corrected chi connectivity index (χ2v) is 5.60. The monoisotopic (exact) mass is 237 g/mol. The van der Waals surface area contributed by atoms with Crippen LogP contribution >= 0.6 is 0 Å². The van der Waals surface area contributed by atoms with Crippen LogP contribution in [0.4, 0.5) is 0 Å². The maximum Gasteiger partial charge on any atom is 0.181 e. The summed E-state index contributed by atoms with van der Waals surface area (Å²) in [6.45, 7) is 4.97. The molecule has 2 fully saturated rings. The molecular weight excluding hydrogens is 214 g/mol. The highest BCUT2D eigenvalue weighted by atomic mass is 16.7. The summed E-state index contributed by atoms with van der Waals surface area (Å²) in [7, 11) is 0. The van der Waals surface area contributed by atoms with Gasteiger partial charge >= 0.3 is 0 Å². The summed E-state index contributed by atoms with van der Waals surface area (Å²) >= 11 is 0. The van der Waals surface area contributed by atoms with Crippen LogP contribution in [0.25, 0.3) is 0 Å². The quantitative estimate of drug-likeness (QED) is 0.687. The van der Waals surface area contributed by atoms with Gasteiger partial charge < -0.3 is 9.47 Å². The highest BCUT2D eigenvalue weighted by molar-refractivity contribution is 4.92. The molecule has 3 heteroatoms. The Kier molecular flexibility index (Phi) is 3.50. The second-order valence-electron chi connectivity index (χ2n) is 5.60. The molecular formula is C14H23NO2. The van der Waals surface area contributed by atoms with Crippen LogP contribution in [0.15, 0.2) is 12.2 Å². The molecule has 0 unspecified atom stereocenters. The number of ether oxygens (including phenoxy) is 2. The van der Waals surface area contributed by atoms with Crippen molar-refractivity contribution in [1.82, 2.24) is 4.90 Å². The van der Waals surface area contributed by atoms with Crippen LogP contribution < -0.4 is 0 Å². The van der Waals surface area contributed by atoms with Crippen LogP contribution in [-0.4, -0.2) is 43.5 Å². The zero-order valence-corrected chi connectivity index (χ0v) is 10.6. The number of nitrogens with zero attached hydrogens (tertiary/aromatic N) is 1. The molecule has 0 aromatic heterocycles. The van der Waals surface area contributed by atoms with Crippen LogP contribution in [0.3, 0.4) is 0 Å². The van der Waals surface area contributed by atoms with E-state index in [1.165, 1.54) is 38.8 Å². The zero-order valence-electron chi connectivity index (χ0n) is 10.6. The molecule has 0 aromatic rings. The van der Waals surface area contributed by atoms with E-state index in [0.29, 0.717) is 0 Å². The first kappa shape index (κ1) is 11.7. The van der Waals surface area contributed by atoms with Gasteiger partial charge in [0, 0.05) is 13.0 Å². The molecule has 0 N–H and O–H groups in total. The van der Waals surface area contributed by atoms with Crippen molar-refractivity contribution in [2.75, 3.05) is 32.8 Å². The predicted octanol–water partition coefficient (Wildman–Crippen LogP) is 2.18. The molecule has 1 spiro atoms. The first-order valence-electron chi connectivity index (χ1n) is 7.02. The largest absolute Gasteiger partial charge is 0.346 e. The fraction of sp³-hybridized carbons (Fsp3) is 0.857. The van der Waals surface area contributed by atoms with Crippen molar-refractivity contribution in [3.8, 4) is 0 Å².